The molecule has 0 saturated carbocycles. The van der Waals surface area contributed by atoms with E-state index in [4.69, 9.17) is 5.11 Å². The highest BCUT2D eigenvalue weighted by atomic mass is 19.1. The van der Waals surface area contributed by atoms with Crippen LogP contribution in [0.5, 0.6) is 0 Å². The molecular formula is C12H11FN2O4. The molecule has 2 amide bonds. The fraction of sp³-hybridized carbons (Fsp3) is 0.250. The van der Waals surface area contributed by atoms with Gasteiger partial charge < -0.3 is 15.3 Å². The fourth-order valence-corrected chi connectivity index (χ4v) is 1.86. The van der Waals surface area contributed by atoms with Gasteiger partial charge in [-0.25, -0.2) is 9.18 Å². The van der Waals surface area contributed by atoms with Gasteiger partial charge in [-0.2, -0.15) is 0 Å². The van der Waals surface area contributed by atoms with Crippen LogP contribution in [0.4, 0.5) is 9.18 Å². The van der Waals surface area contributed by atoms with Gasteiger partial charge in [-0.05, 0) is 18.2 Å². The third kappa shape index (κ3) is 2.70. The standard InChI is InChI=1S/C12H11FN2O4/c13-10-2-1-7(6-16)3-9(10)11(17)15-4-8(5-15)14-12(18)19/h1-3,6,8,14H,4-5H2,(H,18,19). The van der Waals surface area contributed by atoms with Crippen molar-refractivity contribution in [2.24, 2.45) is 0 Å². The number of amides is 2. The van der Waals surface area contributed by atoms with Gasteiger partial charge in [0, 0.05) is 18.7 Å². The van der Waals surface area contributed by atoms with E-state index in [-0.39, 0.29) is 30.3 Å². The van der Waals surface area contributed by atoms with Crippen LogP contribution in [0.3, 0.4) is 0 Å². The summed E-state index contributed by atoms with van der Waals surface area (Å²) in [6.07, 6.45) is -0.632. The van der Waals surface area contributed by atoms with Crippen molar-refractivity contribution >= 4 is 18.3 Å². The summed E-state index contributed by atoms with van der Waals surface area (Å²) in [5, 5.41) is 10.7. The van der Waals surface area contributed by atoms with Gasteiger partial charge in [0.2, 0.25) is 0 Å². The zero-order chi connectivity index (χ0) is 14.0. The molecule has 1 aromatic rings. The molecule has 100 valence electrons. The van der Waals surface area contributed by atoms with E-state index in [2.05, 4.69) is 5.32 Å². The average molecular weight is 266 g/mol. The minimum absolute atomic E-state index is 0.182. The van der Waals surface area contributed by atoms with Gasteiger partial charge >= 0.3 is 6.09 Å². The molecule has 2 N–H and O–H groups in total. The van der Waals surface area contributed by atoms with Crippen LogP contribution in [0, 0.1) is 5.82 Å². The van der Waals surface area contributed by atoms with Gasteiger partial charge in [0.1, 0.15) is 12.1 Å². The number of nitrogens with one attached hydrogen (secondary N) is 1. The van der Waals surface area contributed by atoms with E-state index in [0.717, 1.165) is 6.07 Å². The number of halogens is 1. The number of carbonyl (C=O) groups is 3. The molecule has 2 rings (SSSR count). The Balaban J connectivity index is 2.05. The van der Waals surface area contributed by atoms with E-state index in [9.17, 15) is 18.8 Å². The largest absolute Gasteiger partial charge is 0.465 e. The molecule has 0 unspecified atom stereocenters. The molecule has 1 fully saturated rings. The molecule has 1 heterocycles. The second-order valence-corrected chi connectivity index (χ2v) is 4.21. The summed E-state index contributed by atoms with van der Waals surface area (Å²) >= 11 is 0. The zero-order valence-electron chi connectivity index (χ0n) is 9.80. The highest BCUT2D eigenvalue weighted by molar-refractivity contribution is 5.96. The number of carbonyl (C=O) groups excluding carboxylic acids is 2. The van der Waals surface area contributed by atoms with Crippen LogP contribution in [-0.4, -0.2) is 47.4 Å². The van der Waals surface area contributed by atoms with E-state index >= 15 is 0 Å². The predicted molar refractivity (Wildman–Crippen MR) is 62.6 cm³/mol. The summed E-state index contributed by atoms with van der Waals surface area (Å²) in [7, 11) is 0. The Morgan fingerprint density at radius 3 is 2.68 bits per heavy atom. The second kappa shape index (κ2) is 5.05. The van der Waals surface area contributed by atoms with Crippen molar-refractivity contribution in [1.82, 2.24) is 10.2 Å². The normalized spacial score (nSPS) is 14.7. The van der Waals surface area contributed by atoms with Crippen LogP contribution in [0.1, 0.15) is 20.7 Å². The van der Waals surface area contributed by atoms with E-state index in [1.54, 1.807) is 0 Å². The first-order chi connectivity index (χ1) is 9.01. The monoisotopic (exact) mass is 266 g/mol. The summed E-state index contributed by atoms with van der Waals surface area (Å²) < 4.78 is 13.5. The smallest absolute Gasteiger partial charge is 0.405 e. The molecule has 1 aliphatic rings. The van der Waals surface area contributed by atoms with Gasteiger partial charge in [-0.15, -0.1) is 0 Å². The lowest BCUT2D eigenvalue weighted by atomic mass is 10.0. The van der Waals surface area contributed by atoms with E-state index in [1.807, 2.05) is 0 Å². The van der Waals surface area contributed by atoms with Gasteiger partial charge in [0.05, 0.1) is 11.6 Å². The highest BCUT2D eigenvalue weighted by Crippen LogP contribution is 2.17. The number of carboxylic acid groups (broad SMARTS) is 1. The number of hydrogen-bond donors (Lipinski definition) is 2. The number of likely N-dealkylation sites (tertiary alicyclic amines) is 1. The number of nitrogens with zero attached hydrogens (tertiary/aromatic N) is 1. The minimum atomic E-state index is -1.16. The fourth-order valence-electron chi connectivity index (χ4n) is 1.86. The minimum Gasteiger partial charge on any atom is -0.465 e. The lowest BCUT2D eigenvalue weighted by molar-refractivity contribution is 0.0560. The first kappa shape index (κ1) is 13.0. The Labute approximate surface area is 107 Å². The topological polar surface area (TPSA) is 86.7 Å². The van der Waals surface area contributed by atoms with Crippen molar-refractivity contribution in [3.05, 3.63) is 35.1 Å². The maximum absolute atomic E-state index is 13.5. The Bertz CT molecular complexity index is 541. The van der Waals surface area contributed by atoms with E-state index in [1.165, 1.54) is 17.0 Å². The number of aldehydes is 1. The van der Waals surface area contributed by atoms with Crippen molar-refractivity contribution in [2.75, 3.05) is 13.1 Å². The molecular weight excluding hydrogens is 255 g/mol. The summed E-state index contributed by atoms with van der Waals surface area (Å²) in [5.74, 6) is -1.25. The Morgan fingerprint density at radius 1 is 1.42 bits per heavy atom. The molecule has 6 nitrogen and oxygen atoms in total. The van der Waals surface area contributed by atoms with Crippen molar-refractivity contribution < 1.29 is 23.9 Å². The van der Waals surface area contributed by atoms with E-state index < -0.39 is 17.8 Å². The molecule has 0 aliphatic carbocycles. The second-order valence-electron chi connectivity index (χ2n) is 4.21. The van der Waals surface area contributed by atoms with Crippen LogP contribution in [0.15, 0.2) is 18.2 Å². The van der Waals surface area contributed by atoms with Crippen molar-refractivity contribution in [2.45, 2.75) is 6.04 Å². The first-order valence-electron chi connectivity index (χ1n) is 5.54. The maximum Gasteiger partial charge on any atom is 0.405 e. The van der Waals surface area contributed by atoms with Crippen molar-refractivity contribution in [3.8, 4) is 0 Å². The molecule has 1 aromatic carbocycles. The molecule has 0 bridgehead atoms. The summed E-state index contributed by atoms with van der Waals surface area (Å²) in [6.45, 7) is 0.381. The molecule has 19 heavy (non-hydrogen) atoms. The number of hydrogen-bond acceptors (Lipinski definition) is 3. The predicted octanol–water partition coefficient (Wildman–Crippen LogP) is 0.730. The molecule has 0 aromatic heterocycles. The maximum atomic E-state index is 13.5. The van der Waals surface area contributed by atoms with Crippen LogP contribution < -0.4 is 5.32 Å². The Hall–Kier alpha value is -2.44. The third-order valence-electron chi connectivity index (χ3n) is 2.85. The van der Waals surface area contributed by atoms with Gasteiger partial charge in [-0.3, -0.25) is 9.59 Å². The van der Waals surface area contributed by atoms with Crippen LogP contribution in [0.2, 0.25) is 0 Å². The van der Waals surface area contributed by atoms with Crippen molar-refractivity contribution in [3.63, 3.8) is 0 Å². The third-order valence-corrected chi connectivity index (χ3v) is 2.85. The molecule has 7 heteroatoms. The van der Waals surface area contributed by atoms with Gasteiger partial charge in [0.25, 0.3) is 5.91 Å². The summed E-state index contributed by atoms with van der Waals surface area (Å²) in [4.78, 5) is 34.2. The van der Waals surface area contributed by atoms with Crippen LogP contribution in [0.25, 0.3) is 0 Å². The molecule has 1 aliphatic heterocycles. The zero-order valence-corrected chi connectivity index (χ0v) is 9.80. The van der Waals surface area contributed by atoms with Crippen molar-refractivity contribution in [1.29, 1.82) is 0 Å². The van der Waals surface area contributed by atoms with Gasteiger partial charge in [0.15, 0.2) is 0 Å². The van der Waals surface area contributed by atoms with E-state index in [0.29, 0.717) is 6.29 Å². The summed E-state index contributed by atoms with van der Waals surface area (Å²) in [6, 6.07) is 3.19. The lowest BCUT2D eigenvalue weighted by Gasteiger charge is -2.38. The van der Waals surface area contributed by atoms with Crippen LogP contribution in [-0.2, 0) is 0 Å². The van der Waals surface area contributed by atoms with Crippen LogP contribution >= 0.6 is 0 Å². The summed E-state index contributed by atoms with van der Waals surface area (Å²) in [5.41, 5.74) is 0.0314. The number of benzene rings is 1. The average Bonchev–Trinajstić information content (AvgIpc) is 2.33. The Morgan fingerprint density at radius 2 is 2.11 bits per heavy atom. The molecule has 0 spiro atoms. The number of rotatable bonds is 3. The first-order valence-corrected chi connectivity index (χ1v) is 5.54. The SMILES string of the molecule is O=Cc1ccc(F)c(C(=O)N2CC(NC(=O)O)C2)c1. The van der Waals surface area contributed by atoms with Gasteiger partial charge in [-0.1, -0.05) is 0 Å². The molecule has 1 saturated heterocycles. The Kier molecular flexibility index (Phi) is 3.46. The highest BCUT2D eigenvalue weighted by Gasteiger charge is 2.33. The lowest BCUT2D eigenvalue weighted by Crippen LogP contribution is -2.60. The molecule has 0 radical (unpaired) electrons. The molecule has 0 atom stereocenters. The quantitative estimate of drug-likeness (QED) is 0.790.